The lowest BCUT2D eigenvalue weighted by molar-refractivity contribution is 0.102. The van der Waals surface area contributed by atoms with Crippen LogP contribution in [-0.4, -0.2) is 58.1 Å². The van der Waals surface area contributed by atoms with Gasteiger partial charge in [-0.1, -0.05) is 35.9 Å². The van der Waals surface area contributed by atoms with Gasteiger partial charge in [0.2, 0.25) is 0 Å². The number of amides is 1. The summed E-state index contributed by atoms with van der Waals surface area (Å²) in [5.74, 6) is 1.31. The van der Waals surface area contributed by atoms with E-state index in [9.17, 15) is 9.59 Å². The van der Waals surface area contributed by atoms with Crippen LogP contribution in [0.4, 0.5) is 5.69 Å². The third-order valence-corrected chi connectivity index (χ3v) is 6.74. The van der Waals surface area contributed by atoms with Crippen LogP contribution in [0.2, 0.25) is 0 Å². The van der Waals surface area contributed by atoms with Crippen molar-refractivity contribution >= 4 is 29.0 Å². The van der Waals surface area contributed by atoms with Crippen LogP contribution in [0, 0.1) is 6.92 Å². The molecule has 0 aromatic heterocycles. The summed E-state index contributed by atoms with van der Waals surface area (Å²) in [4.78, 5) is 28.1. The molecule has 1 N–H and O–H groups in total. The number of carbonyl (C=O) groups is 2. The smallest absolute Gasteiger partial charge is 0.255 e. The van der Waals surface area contributed by atoms with E-state index in [4.69, 9.17) is 14.2 Å². The van der Waals surface area contributed by atoms with Crippen molar-refractivity contribution in [2.75, 3.05) is 46.8 Å². The van der Waals surface area contributed by atoms with Gasteiger partial charge >= 0.3 is 0 Å². The van der Waals surface area contributed by atoms with Gasteiger partial charge in [0, 0.05) is 36.0 Å². The Kier molecular flexibility index (Phi) is 8.84. The largest absolute Gasteiger partial charge is 0.496 e. The van der Waals surface area contributed by atoms with Crippen LogP contribution in [0.25, 0.3) is 11.6 Å². The number of allylic oxidation sites excluding steroid dienone is 1. The molecule has 7 nitrogen and oxygen atoms in total. The standard InChI is InChI=1S/C32H34N2O5/c1-21-9-11-23(12-10-21)32(36)33-25-8-6-7-24(19-25)27(35)14-13-26-28(37-3)20-29(38-4)30(31(26)39-5)22-15-17-34(2)18-16-22/h6-15,19-20H,16-18H2,1-5H3,(H,33,36)/b14-13+. The lowest BCUT2D eigenvalue weighted by Gasteiger charge is -2.25. The number of aryl methyl sites for hydroxylation is 1. The van der Waals surface area contributed by atoms with Crippen molar-refractivity contribution in [2.45, 2.75) is 13.3 Å². The van der Waals surface area contributed by atoms with Gasteiger partial charge in [0.1, 0.15) is 17.2 Å². The van der Waals surface area contributed by atoms with Gasteiger partial charge in [0.15, 0.2) is 5.78 Å². The maximum absolute atomic E-state index is 13.2. The van der Waals surface area contributed by atoms with Gasteiger partial charge in [0.25, 0.3) is 5.91 Å². The van der Waals surface area contributed by atoms with Gasteiger partial charge in [-0.25, -0.2) is 0 Å². The Morgan fingerprint density at radius 3 is 2.31 bits per heavy atom. The SMILES string of the molecule is COc1cc(OC)c(C2=CCN(C)CC2)c(OC)c1/C=C/C(=O)c1cccc(NC(=O)c2ccc(C)cc2)c1. The predicted molar refractivity (Wildman–Crippen MR) is 155 cm³/mol. The molecule has 3 aromatic carbocycles. The van der Waals surface area contributed by atoms with E-state index >= 15 is 0 Å². The maximum Gasteiger partial charge on any atom is 0.255 e. The Balaban J connectivity index is 1.62. The monoisotopic (exact) mass is 526 g/mol. The maximum atomic E-state index is 13.2. The third-order valence-electron chi connectivity index (χ3n) is 6.74. The van der Waals surface area contributed by atoms with Crippen LogP contribution in [-0.2, 0) is 0 Å². The van der Waals surface area contributed by atoms with E-state index < -0.39 is 0 Å². The number of benzene rings is 3. The van der Waals surface area contributed by atoms with Crippen molar-refractivity contribution in [2.24, 2.45) is 0 Å². The Bertz CT molecular complexity index is 1420. The summed E-state index contributed by atoms with van der Waals surface area (Å²) >= 11 is 0. The summed E-state index contributed by atoms with van der Waals surface area (Å²) in [6.07, 6.45) is 6.21. The molecule has 0 radical (unpaired) electrons. The molecule has 0 aliphatic carbocycles. The normalized spacial score (nSPS) is 13.6. The predicted octanol–water partition coefficient (Wildman–Crippen LogP) is 5.89. The van der Waals surface area contributed by atoms with Crippen LogP contribution in [0.15, 0.2) is 66.7 Å². The zero-order valence-corrected chi connectivity index (χ0v) is 23.0. The van der Waals surface area contributed by atoms with Crippen molar-refractivity contribution < 1.29 is 23.8 Å². The second kappa shape index (κ2) is 12.5. The zero-order chi connectivity index (χ0) is 27.9. The van der Waals surface area contributed by atoms with E-state index in [-0.39, 0.29) is 11.7 Å². The van der Waals surface area contributed by atoms with Crippen LogP contribution < -0.4 is 19.5 Å². The first-order valence-electron chi connectivity index (χ1n) is 12.8. The van der Waals surface area contributed by atoms with Crippen molar-refractivity contribution in [1.29, 1.82) is 0 Å². The Morgan fingerprint density at radius 2 is 1.67 bits per heavy atom. The molecule has 0 saturated carbocycles. The fourth-order valence-electron chi connectivity index (χ4n) is 4.54. The molecular formula is C32H34N2O5. The van der Waals surface area contributed by atoms with E-state index in [1.54, 1.807) is 63.8 Å². The molecule has 1 amide bonds. The molecule has 0 unspecified atom stereocenters. The number of hydrogen-bond donors (Lipinski definition) is 1. The number of carbonyl (C=O) groups excluding carboxylic acids is 2. The van der Waals surface area contributed by atoms with E-state index in [1.807, 2.05) is 25.1 Å². The van der Waals surface area contributed by atoms with Gasteiger partial charge in [0.05, 0.1) is 32.5 Å². The lowest BCUT2D eigenvalue weighted by atomic mass is 9.94. The Morgan fingerprint density at radius 1 is 0.923 bits per heavy atom. The van der Waals surface area contributed by atoms with Gasteiger partial charge in [-0.2, -0.15) is 0 Å². The van der Waals surface area contributed by atoms with Crippen LogP contribution in [0.3, 0.4) is 0 Å². The highest BCUT2D eigenvalue weighted by atomic mass is 16.5. The van der Waals surface area contributed by atoms with Crippen LogP contribution in [0.5, 0.6) is 17.2 Å². The number of ketones is 1. The molecular weight excluding hydrogens is 492 g/mol. The number of nitrogens with one attached hydrogen (secondary N) is 1. The molecule has 0 atom stereocenters. The number of nitrogens with zero attached hydrogens (tertiary/aromatic N) is 1. The molecule has 1 aliphatic rings. The average Bonchev–Trinajstić information content (AvgIpc) is 2.96. The second-order valence-corrected chi connectivity index (χ2v) is 9.44. The Hall–Kier alpha value is -4.36. The number of anilines is 1. The molecule has 0 spiro atoms. The fourth-order valence-corrected chi connectivity index (χ4v) is 4.54. The molecule has 7 heteroatoms. The zero-order valence-electron chi connectivity index (χ0n) is 23.0. The molecule has 0 fully saturated rings. The van der Waals surface area contributed by atoms with Gasteiger partial charge < -0.3 is 24.4 Å². The minimum absolute atomic E-state index is 0.221. The molecule has 0 bridgehead atoms. The van der Waals surface area contributed by atoms with Crippen molar-refractivity contribution in [3.63, 3.8) is 0 Å². The van der Waals surface area contributed by atoms with Crippen LogP contribution >= 0.6 is 0 Å². The van der Waals surface area contributed by atoms with Gasteiger partial charge in [-0.3, -0.25) is 9.59 Å². The number of hydrogen-bond acceptors (Lipinski definition) is 6. The average molecular weight is 527 g/mol. The first-order valence-corrected chi connectivity index (χ1v) is 12.8. The molecule has 39 heavy (non-hydrogen) atoms. The van der Waals surface area contributed by atoms with E-state index in [0.29, 0.717) is 39.6 Å². The third kappa shape index (κ3) is 6.38. The number of rotatable bonds is 9. The second-order valence-electron chi connectivity index (χ2n) is 9.44. The number of methoxy groups -OCH3 is 3. The fraction of sp³-hybridized carbons (Fsp3) is 0.250. The van der Waals surface area contributed by atoms with Gasteiger partial charge in [-0.15, -0.1) is 0 Å². The molecule has 0 saturated heterocycles. The quantitative estimate of drug-likeness (QED) is 0.277. The van der Waals surface area contributed by atoms with E-state index in [0.717, 1.165) is 36.2 Å². The lowest BCUT2D eigenvalue weighted by Crippen LogP contribution is -2.24. The van der Waals surface area contributed by atoms with Gasteiger partial charge in [-0.05, 0) is 62.4 Å². The van der Waals surface area contributed by atoms with Crippen molar-refractivity contribution in [3.8, 4) is 17.2 Å². The highest BCUT2D eigenvalue weighted by Crippen LogP contribution is 2.45. The molecule has 3 aromatic rings. The first-order chi connectivity index (χ1) is 18.8. The summed E-state index contributed by atoms with van der Waals surface area (Å²) in [5.41, 5.74) is 5.24. The number of ether oxygens (including phenoxy) is 3. The summed E-state index contributed by atoms with van der Waals surface area (Å²) < 4.78 is 17.2. The summed E-state index contributed by atoms with van der Waals surface area (Å²) in [6.45, 7) is 3.72. The minimum atomic E-state index is -0.237. The number of likely N-dealkylation sites (N-methyl/N-ethyl adjacent to an activating group) is 1. The first kappa shape index (κ1) is 27.7. The van der Waals surface area contributed by atoms with Crippen molar-refractivity contribution in [1.82, 2.24) is 4.90 Å². The highest BCUT2D eigenvalue weighted by molar-refractivity contribution is 6.09. The molecule has 1 aliphatic heterocycles. The Labute approximate surface area is 229 Å². The summed E-state index contributed by atoms with van der Waals surface area (Å²) in [7, 11) is 6.88. The molecule has 4 rings (SSSR count). The van der Waals surface area contributed by atoms with Crippen LogP contribution in [0.1, 0.15) is 43.8 Å². The van der Waals surface area contributed by atoms with E-state index in [1.165, 1.54) is 6.08 Å². The topological polar surface area (TPSA) is 77.1 Å². The molecule has 1 heterocycles. The van der Waals surface area contributed by atoms with E-state index in [2.05, 4.69) is 23.3 Å². The van der Waals surface area contributed by atoms with Crippen molar-refractivity contribution in [3.05, 3.63) is 94.6 Å². The molecule has 202 valence electrons. The summed E-state index contributed by atoms with van der Waals surface area (Å²) in [6, 6.07) is 16.0. The summed E-state index contributed by atoms with van der Waals surface area (Å²) in [5, 5.41) is 2.86. The highest BCUT2D eigenvalue weighted by Gasteiger charge is 2.23. The minimum Gasteiger partial charge on any atom is -0.496 e.